The normalized spacial score (nSPS) is 45.4. The molecule has 13 atom stereocenters. The van der Waals surface area contributed by atoms with Gasteiger partial charge in [-0.05, 0) is 44.6 Å². The number of esters is 4. The minimum absolute atomic E-state index is 0.0365. The third kappa shape index (κ3) is 5.08. The lowest BCUT2D eigenvalue weighted by Crippen LogP contribution is -2.74. The highest BCUT2D eigenvalue weighted by atomic mass is 16.7. The molecule has 13 unspecified atom stereocenters. The van der Waals surface area contributed by atoms with Gasteiger partial charge >= 0.3 is 23.9 Å². The molecule has 0 amide bonds. The average molecular weight is 743 g/mol. The van der Waals surface area contributed by atoms with E-state index in [4.69, 9.17) is 32.8 Å². The number of fused-ring (bicyclic) bond motifs is 3. The van der Waals surface area contributed by atoms with Crippen LogP contribution in [0.25, 0.3) is 0 Å². The van der Waals surface area contributed by atoms with E-state index in [0.29, 0.717) is 18.4 Å². The second-order valence-corrected chi connectivity index (χ2v) is 18.1. The van der Waals surface area contributed by atoms with Crippen LogP contribution in [0.3, 0.4) is 0 Å². The summed E-state index contributed by atoms with van der Waals surface area (Å²) in [5.74, 6) is -8.78. The van der Waals surface area contributed by atoms with Crippen LogP contribution in [0, 0.1) is 51.8 Å². The zero-order valence-electron chi connectivity index (χ0n) is 32.2. The molecule has 6 aliphatic rings. The van der Waals surface area contributed by atoms with Gasteiger partial charge in [0.25, 0.3) is 0 Å². The van der Waals surface area contributed by atoms with E-state index in [1.807, 2.05) is 20.8 Å². The lowest BCUT2D eigenvalue weighted by atomic mass is 9.51. The molecule has 1 N–H and O–H groups in total. The van der Waals surface area contributed by atoms with Crippen molar-refractivity contribution in [3.05, 3.63) is 24.2 Å². The number of carbonyl (C=O) groups is 5. The first kappa shape index (κ1) is 38.0. The molecule has 7 rings (SSSR count). The molecule has 53 heavy (non-hydrogen) atoms. The molecular formula is C40H54O13. The minimum Gasteiger partial charge on any atom is -0.472 e. The second-order valence-electron chi connectivity index (χ2n) is 18.1. The fourth-order valence-corrected chi connectivity index (χ4v) is 11.9. The van der Waals surface area contributed by atoms with Crippen molar-refractivity contribution >= 4 is 29.7 Å². The first-order chi connectivity index (χ1) is 24.7. The predicted octanol–water partition coefficient (Wildman–Crippen LogP) is 4.81. The number of Topliss-reactive ketones (excluding diaryl/α,β-unsaturated/α-hetero) is 1. The zero-order valence-corrected chi connectivity index (χ0v) is 32.2. The maximum Gasteiger partial charge on any atom is 0.309 e. The number of aliphatic hydroxyl groups excluding tert-OH is 1. The van der Waals surface area contributed by atoms with Crippen LogP contribution in [0.5, 0.6) is 0 Å². The number of aliphatic hydroxyl groups is 1. The molecule has 1 spiro atoms. The summed E-state index contributed by atoms with van der Waals surface area (Å²) in [7, 11) is 1.29. The van der Waals surface area contributed by atoms with E-state index in [0.717, 1.165) is 0 Å². The van der Waals surface area contributed by atoms with Gasteiger partial charge in [-0.3, -0.25) is 24.0 Å². The third-order valence-electron chi connectivity index (χ3n) is 14.4. The molecule has 3 aliphatic heterocycles. The fraction of sp³-hybridized carbons (Fsp3) is 0.775. The number of hydrogen-bond acceptors (Lipinski definition) is 13. The van der Waals surface area contributed by atoms with Crippen molar-refractivity contribution in [3.8, 4) is 0 Å². The van der Waals surface area contributed by atoms with Gasteiger partial charge in [0, 0.05) is 40.4 Å². The van der Waals surface area contributed by atoms with Crippen molar-refractivity contribution in [2.24, 2.45) is 51.8 Å². The lowest BCUT2D eigenvalue weighted by Gasteiger charge is -2.60. The molecule has 13 heteroatoms. The summed E-state index contributed by atoms with van der Waals surface area (Å²) in [5, 5.41) is 12.8. The summed E-state index contributed by atoms with van der Waals surface area (Å²) < 4.78 is 44.8. The molecule has 3 saturated carbocycles. The highest BCUT2D eigenvalue weighted by Gasteiger charge is 2.86. The number of methoxy groups -OCH3 is 1. The van der Waals surface area contributed by atoms with Gasteiger partial charge in [-0.25, -0.2) is 0 Å². The molecule has 13 nitrogen and oxygen atoms in total. The Bertz CT molecular complexity index is 1690. The van der Waals surface area contributed by atoms with Crippen molar-refractivity contribution in [1.82, 2.24) is 0 Å². The van der Waals surface area contributed by atoms with Crippen molar-refractivity contribution in [2.45, 2.75) is 129 Å². The topological polar surface area (TPSA) is 174 Å². The van der Waals surface area contributed by atoms with Crippen LogP contribution in [0.15, 0.2) is 23.0 Å². The largest absolute Gasteiger partial charge is 0.472 e. The molecule has 3 saturated heterocycles. The van der Waals surface area contributed by atoms with E-state index in [1.54, 1.807) is 40.7 Å². The average Bonchev–Trinajstić information content (AvgIpc) is 3.69. The van der Waals surface area contributed by atoms with Gasteiger partial charge in [0.1, 0.15) is 11.9 Å². The zero-order chi connectivity index (χ0) is 38.7. The van der Waals surface area contributed by atoms with Crippen molar-refractivity contribution in [3.63, 3.8) is 0 Å². The molecule has 1 aromatic heterocycles. The predicted molar refractivity (Wildman–Crippen MR) is 183 cm³/mol. The van der Waals surface area contributed by atoms with Gasteiger partial charge in [-0.15, -0.1) is 0 Å². The molecule has 3 aliphatic carbocycles. The van der Waals surface area contributed by atoms with E-state index in [2.05, 4.69) is 0 Å². The van der Waals surface area contributed by atoms with E-state index < -0.39 is 111 Å². The van der Waals surface area contributed by atoms with Crippen molar-refractivity contribution < 1.29 is 61.9 Å². The first-order valence-corrected chi connectivity index (χ1v) is 19.0. The summed E-state index contributed by atoms with van der Waals surface area (Å²) in [6.45, 7) is 14.1. The van der Waals surface area contributed by atoms with Gasteiger partial charge < -0.3 is 37.9 Å². The first-order valence-electron chi connectivity index (χ1n) is 19.0. The standard InChI is InChI=1S/C40H54O13/c1-20(2)31(45)51-33-36(6)17-23-28-30(44)37(7,24(36)15-26(41)47-9)19-49-38(28,8)53-39-13-10-12-35(5,29(43)22-11-14-48-18-22)25(39)16-27(42)50-34(39)40(23,33)52-32(46)21(3)4/h11,14,18,20-21,23-25,28,30,33-34,44H,10,12-13,15-17,19H2,1-9H3. The number of ether oxygens (including phenoxy) is 6. The molecule has 292 valence electrons. The Morgan fingerprint density at radius 3 is 2.32 bits per heavy atom. The summed E-state index contributed by atoms with van der Waals surface area (Å²) in [6, 6.07) is 1.59. The van der Waals surface area contributed by atoms with E-state index in [9.17, 15) is 29.1 Å². The van der Waals surface area contributed by atoms with Gasteiger partial charge in [0.15, 0.2) is 29.4 Å². The molecule has 4 bridgehead atoms. The highest BCUT2D eigenvalue weighted by molar-refractivity contribution is 6.00. The Labute approximate surface area is 310 Å². The number of hydrogen-bond donors (Lipinski definition) is 1. The Kier molecular flexibility index (Phi) is 8.86. The smallest absolute Gasteiger partial charge is 0.309 e. The molecule has 1 aromatic rings. The van der Waals surface area contributed by atoms with Crippen LogP contribution in [-0.2, 0) is 47.6 Å². The molecular weight excluding hydrogens is 688 g/mol. The van der Waals surface area contributed by atoms with Crippen LogP contribution in [0.1, 0.15) is 104 Å². The maximum absolute atomic E-state index is 14.6. The lowest BCUT2D eigenvalue weighted by molar-refractivity contribution is -0.381. The SMILES string of the molecule is COC(=O)CC1C2(C)COC3(C)OC45CCCC(C)(C(=O)c6ccoc6)C4CC(=O)OC5C4(OC(=O)C(C)C)C(CC1(C)C4OC(=O)C(C)C)C3C2O. The van der Waals surface area contributed by atoms with Crippen LogP contribution in [0.2, 0.25) is 0 Å². The van der Waals surface area contributed by atoms with Crippen molar-refractivity contribution in [1.29, 1.82) is 0 Å². The Morgan fingerprint density at radius 2 is 1.70 bits per heavy atom. The van der Waals surface area contributed by atoms with Crippen LogP contribution in [0.4, 0.5) is 0 Å². The molecule has 0 radical (unpaired) electrons. The van der Waals surface area contributed by atoms with E-state index >= 15 is 0 Å². The summed E-state index contributed by atoms with van der Waals surface area (Å²) >= 11 is 0. The Morgan fingerprint density at radius 1 is 1.00 bits per heavy atom. The monoisotopic (exact) mass is 742 g/mol. The quantitative estimate of drug-likeness (QED) is 0.219. The number of rotatable bonds is 8. The summed E-state index contributed by atoms with van der Waals surface area (Å²) in [6.07, 6.45) is -0.0614. The number of furan rings is 1. The summed E-state index contributed by atoms with van der Waals surface area (Å²) in [4.78, 5) is 70.3. The Hall–Kier alpha value is -3.29. The van der Waals surface area contributed by atoms with Gasteiger partial charge in [0.05, 0.1) is 49.9 Å². The molecule has 4 heterocycles. The van der Waals surface area contributed by atoms with E-state index in [1.165, 1.54) is 19.6 Å². The van der Waals surface area contributed by atoms with Gasteiger partial charge in [-0.1, -0.05) is 48.5 Å². The fourth-order valence-electron chi connectivity index (χ4n) is 11.9. The molecule has 6 fully saturated rings. The van der Waals surface area contributed by atoms with Crippen molar-refractivity contribution in [2.75, 3.05) is 13.7 Å². The molecule has 0 aromatic carbocycles. The number of ketones is 1. The van der Waals surface area contributed by atoms with Gasteiger partial charge in [-0.2, -0.15) is 0 Å². The Balaban J connectivity index is 1.56. The number of carbonyl (C=O) groups excluding carboxylic acids is 5. The highest BCUT2D eigenvalue weighted by Crippen LogP contribution is 2.74. The van der Waals surface area contributed by atoms with Gasteiger partial charge in [0.2, 0.25) is 0 Å². The van der Waals surface area contributed by atoms with Crippen LogP contribution in [-0.4, -0.2) is 83.8 Å². The second kappa shape index (κ2) is 12.4. The maximum atomic E-state index is 14.6. The van der Waals surface area contributed by atoms with Crippen LogP contribution < -0.4 is 0 Å². The third-order valence-corrected chi connectivity index (χ3v) is 14.4. The van der Waals surface area contributed by atoms with E-state index in [-0.39, 0.29) is 38.1 Å². The minimum atomic E-state index is -1.94. The summed E-state index contributed by atoms with van der Waals surface area (Å²) in [5.41, 5.74) is -6.56. The van der Waals surface area contributed by atoms with Crippen LogP contribution >= 0.6 is 0 Å².